The molecule has 0 unspecified atom stereocenters. The van der Waals surface area contributed by atoms with Crippen LogP contribution in [0.5, 0.6) is 5.75 Å². The van der Waals surface area contributed by atoms with E-state index in [9.17, 15) is 9.59 Å². The highest BCUT2D eigenvalue weighted by Crippen LogP contribution is 2.23. The molecule has 0 bridgehead atoms. The minimum absolute atomic E-state index is 0.289. The Labute approximate surface area is 149 Å². The van der Waals surface area contributed by atoms with Gasteiger partial charge in [0.2, 0.25) is 0 Å². The predicted molar refractivity (Wildman–Crippen MR) is 96.3 cm³/mol. The van der Waals surface area contributed by atoms with Crippen molar-refractivity contribution in [3.8, 4) is 5.75 Å². The summed E-state index contributed by atoms with van der Waals surface area (Å²) in [5.41, 5.74) is 0.977. The normalized spacial score (nSPS) is 10.6. The summed E-state index contributed by atoms with van der Waals surface area (Å²) >= 11 is 5.86. The number of carbonyl (C=O) groups is 1. The topological polar surface area (TPSA) is 68.5 Å². The lowest BCUT2D eigenvalue weighted by Crippen LogP contribution is -2.24. The van der Waals surface area contributed by atoms with Gasteiger partial charge < -0.3 is 14.5 Å². The first kappa shape index (κ1) is 17.0. The highest BCUT2D eigenvalue weighted by Gasteiger charge is 2.13. The van der Waals surface area contributed by atoms with Crippen molar-refractivity contribution in [1.29, 1.82) is 0 Å². The lowest BCUT2D eigenvalue weighted by atomic mass is 10.1. The first-order valence-corrected chi connectivity index (χ1v) is 8.18. The largest absolute Gasteiger partial charge is 0.489 e. The van der Waals surface area contributed by atoms with E-state index in [0.29, 0.717) is 34.9 Å². The Balaban J connectivity index is 1.88. The molecule has 1 amide bonds. The number of fused-ring (bicyclic) bond motifs is 1. The molecule has 0 spiro atoms. The molecule has 2 aromatic carbocycles. The third kappa shape index (κ3) is 4.00. The second-order valence-corrected chi connectivity index (χ2v) is 5.85. The van der Waals surface area contributed by atoms with E-state index in [1.807, 2.05) is 19.1 Å². The van der Waals surface area contributed by atoms with Crippen LogP contribution in [0.2, 0.25) is 5.02 Å². The van der Waals surface area contributed by atoms with Crippen LogP contribution in [0.25, 0.3) is 11.0 Å². The lowest BCUT2D eigenvalue weighted by molar-refractivity contribution is 0.0957. The number of amides is 1. The number of ether oxygens (including phenoxy) is 1. The standard InChI is InChI=1S/C19H16ClNO4/c1-2-21-19(23)16-10-18(22)25-17-9-14(7-8-15(16)17)24-11-12-3-5-13(20)6-4-12/h3-10H,2,11H2,1H3,(H,21,23). The molecule has 25 heavy (non-hydrogen) atoms. The van der Waals surface area contributed by atoms with Gasteiger partial charge in [0, 0.05) is 29.1 Å². The van der Waals surface area contributed by atoms with Crippen LogP contribution < -0.4 is 15.7 Å². The van der Waals surface area contributed by atoms with Crippen LogP contribution in [-0.2, 0) is 6.61 Å². The number of carbonyl (C=O) groups excluding carboxylic acids is 1. The van der Waals surface area contributed by atoms with Gasteiger partial charge in [-0.05, 0) is 36.8 Å². The monoisotopic (exact) mass is 357 g/mol. The van der Waals surface area contributed by atoms with Gasteiger partial charge >= 0.3 is 5.63 Å². The van der Waals surface area contributed by atoms with Gasteiger partial charge in [-0.3, -0.25) is 4.79 Å². The van der Waals surface area contributed by atoms with E-state index in [4.69, 9.17) is 20.8 Å². The summed E-state index contributed by atoms with van der Waals surface area (Å²) in [5.74, 6) is 0.230. The average Bonchev–Trinajstić information content (AvgIpc) is 2.60. The molecule has 5 nitrogen and oxygen atoms in total. The van der Waals surface area contributed by atoms with Gasteiger partial charge in [-0.1, -0.05) is 23.7 Å². The minimum atomic E-state index is -0.580. The summed E-state index contributed by atoms with van der Waals surface area (Å²) in [5, 5.41) is 3.91. The molecule has 0 atom stereocenters. The lowest BCUT2D eigenvalue weighted by Gasteiger charge is -2.09. The zero-order chi connectivity index (χ0) is 17.8. The SMILES string of the molecule is CCNC(=O)c1cc(=O)oc2cc(OCc3ccc(Cl)cc3)ccc12. The Bertz CT molecular complexity index is 963. The van der Waals surface area contributed by atoms with Gasteiger partial charge in [0.15, 0.2) is 0 Å². The number of benzene rings is 2. The zero-order valence-electron chi connectivity index (χ0n) is 13.5. The van der Waals surface area contributed by atoms with E-state index in [-0.39, 0.29) is 11.5 Å². The first-order valence-electron chi connectivity index (χ1n) is 7.80. The molecule has 0 saturated carbocycles. The minimum Gasteiger partial charge on any atom is -0.489 e. The van der Waals surface area contributed by atoms with Crippen LogP contribution in [0.4, 0.5) is 0 Å². The van der Waals surface area contributed by atoms with Crippen molar-refractivity contribution in [2.75, 3.05) is 6.54 Å². The predicted octanol–water partition coefficient (Wildman–Crippen LogP) is 3.78. The molecule has 128 valence electrons. The van der Waals surface area contributed by atoms with Gasteiger partial charge in [0.25, 0.3) is 5.91 Å². The fourth-order valence-corrected chi connectivity index (χ4v) is 2.55. The molecule has 0 saturated heterocycles. The van der Waals surface area contributed by atoms with Crippen molar-refractivity contribution >= 4 is 28.5 Å². The van der Waals surface area contributed by atoms with Crippen LogP contribution in [-0.4, -0.2) is 12.5 Å². The maximum Gasteiger partial charge on any atom is 0.337 e. The third-order valence-corrected chi connectivity index (χ3v) is 3.87. The Morgan fingerprint density at radius 1 is 1.16 bits per heavy atom. The summed E-state index contributed by atoms with van der Waals surface area (Å²) in [7, 11) is 0. The van der Waals surface area contributed by atoms with Crippen molar-refractivity contribution in [3.05, 3.63) is 75.1 Å². The number of hydrogen-bond acceptors (Lipinski definition) is 4. The zero-order valence-corrected chi connectivity index (χ0v) is 14.3. The molecule has 1 aromatic heterocycles. The molecule has 6 heteroatoms. The van der Waals surface area contributed by atoms with E-state index < -0.39 is 5.63 Å². The summed E-state index contributed by atoms with van der Waals surface area (Å²) in [6.07, 6.45) is 0. The van der Waals surface area contributed by atoms with E-state index in [1.54, 1.807) is 30.3 Å². The third-order valence-electron chi connectivity index (χ3n) is 3.62. The van der Waals surface area contributed by atoms with Crippen molar-refractivity contribution < 1.29 is 13.9 Å². The summed E-state index contributed by atoms with van der Waals surface area (Å²) in [6, 6.07) is 13.6. The number of halogens is 1. The Kier molecular flexibility index (Phi) is 5.05. The molecule has 3 aromatic rings. The van der Waals surface area contributed by atoms with Gasteiger partial charge in [0.1, 0.15) is 17.9 Å². The Morgan fingerprint density at radius 3 is 2.64 bits per heavy atom. The fourth-order valence-electron chi connectivity index (χ4n) is 2.42. The number of hydrogen-bond donors (Lipinski definition) is 1. The summed E-state index contributed by atoms with van der Waals surface area (Å²) < 4.78 is 10.9. The van der Waals surface area contributed by atoms with Crippen molar-refractivity contribution in [1.82, 2.24) is 5.32 Å². The summed E-state index contributed by atoms with van der Waals surface area (Å²) in [6.45, 7) is 2.64. The van der Waals surface area contributed by atoms with E-state index in [0.717, 1.165) is 5.56 Å². The van der Waals surface area contributed by atoms with Crippen LogP contribution in [0, 0.1) is 0 Å². The van der Waals surface area contributed by atoms with Gasteiger partial charge in [-0.2, -0.15) is 0 Å². The van der Waals surface area contributed by atoms with Crippen LogP contribution in [0.1, 0.15) is 22.8 Å². The molecule has 0 radical (unpaired) electrons. The Morgan fingerprint density at radius 2 is 1.92 bits per heavy atom. The fraction of sp³-hybridized carbons (Fsp3) is 0.158. The molecule has 0 aliphatic rings. The maximum absolute atomic E-state index is 12.1. The van der Waals surface area contributed by atoms with Crippen molar-refractivity contribution in [2.45, 2.75) is 13.5 Å². The van der Waals surface area contributed by atoms with Crippen LogP contribution in [0.15, 0.2) is 57.7 Å². The number of rotatable bonds is 5. The molecule has 0 aliphatic heterocycles. The van der Waals surface area contributed by atoms with Gasteiger partial charge in [-0.25, -0.2) is 4.79 Å². The van der Waals surface area contributed by atoms with Crippen molar-refractivity contribution in [3.63, 3.8) is 0 Å². The van der Waals surface area contributed by atoms with E-state index in [1.165, 1.54) is 6.07 Å². The smallest absolute Gasteiger partial charge is 0.337 e. The molecule has 0 aliphatic carbocycles. The van der Waals surface area contributed by atoms with Crippen molar-refractivity contribution in [2.24, 2.45) is 0 Å². The average molecular weight is 358 g/mol. The highest BCUT2D eigenvalue weighted by molar-refractivity contribution is 6.30. The van der Waals surface area contributed by atoms with E-state index in [2.05, 4.69) is 5.32 Å². The molecule has 1 heterocycles. The molecular formula is C19H16ClNO4. The van der Waals surface area contributed by atoms with Gasteiger partial charge in [0.05, 0.1) is 5.56 Å². The van der Waals surface area contributed by atoms with Gasteiger partial charge in [-0.15, -0.1) is 0 Å². The number of nitrogens with one attached hydrogen (secondary N) is 1. The molecular weight excluding hydrogens is 342 g/mol. The maximum atomic E-state index is 12.1. The molecule has 3 rings (SSSR count). The summed E-state index contributed by atoms with van der Waals surface area (Å²) in [4.78, 5) is 23.8. The van der Waals surface area contributed by atoms with Crippen LogP contribution in [0.3, 0.4) is 0 Å². The molecule has 1 N–H and O–H groups in total. The Hall–Kier alpha value is -2.79. The van der Waals surface area contributed by atoms with E-state index >= 15 is 0 Å². The second-order valence-electron chi connectivity index (χ2n) is 5.41. The first-order chi connectivity index (χ1) is 12.1. The second kappa shape index (κ2) is 7.40. The highest BCUT2D eigenvalue weighted by atomic mass is 35.5. The quantitative estimate of drug-likeness (QED) is 0.706. The van der Waals surface area contributed by atoms with Crippen LogP contribution >= 0.6 is 11.6 Å². The molecule has 0 fully saturated rings.